The number of hydrogen-bond acceptors (Lipinski definition) is 14. The number of amides is 1. The average molecular weight is 899 g/mol. The number of hydrogen-bond donors (Lipinski definition) is 2. The van der Waals surface area contributed by atoms with Gasteiger partial charge in [0.1, 0.15) is 35.9 Å². The Balaban J connectivity index is 1.64. The van der Waals surface area contributed by atoms with Crippen LogP contribution in [-0.4, -0.2) is 101 Å². The molecule has 66 heavy (non-hydrogen) atoms. The van der Waals surface area contributed by atoms with Crippen LogP contribution >= 0.6 is 0 Å². The molecule has 0 aliphatic heterocycles. The molecule has 3 aromatic carbocycles. The molecule has 0 fully saturated rings. The van der Waals surface area contributed by atoms with E-state index < -0.39 is 82.6 Å². The molecule has 0 aliphatic rings. The molecule has 2 N–H and O–H groups in total. The Bertz CT molecular complexity index is 2770. The molecular formula is C48H46N6O12. The summed E-state index contributed by atoms with van der Waals surface area (Å²) >= 11 is 0. The molecule has 3 aromatic heterocycles. The number of carbonyl (C=O) groups is 5. The van der Waals surface area contributed by atoms with Gasteiger partial charge in [-0.2, -0.15) is 0 Å². The van der Waals surface area contributed by atoms with Gasteiger partial charge in [-0.3, -0.25) is 33.2 Å². The lowest BCUT2D eigenvalue weighted by Gasteiger charge is -2.47. The SMILES string of the molecule is CCOC(=O)c1cncn(C(C(=O)O)(c2ccccc2)N(C(=O)Cn2c(-c3ccccc3)ncc(C(=O)OCC)c2=O)C(Cc2ccccc2)C(O)C(=O)CCCOc2ccccn2)c1=O. The van der Waals surface area contributed by atoms with E-state index in [0.29, 0.717) is 20.6 Å². The van der Waals surface area contributed by atoms with Crippen molar-refractivity contribution in [2.24, 2.45) is 0 Å². The minimum absolute atomic E-state index is 0.0126. The van der Waals surface area contributed by atoms with Crippen LogP contribution in [0.15, 0.2) is 144 Å². The Hall–Kier alpha value is -8.12. The van der Waals surface area contributed by atoms with Crippen LogP contribution < -0.4 is 15.9 Å². The first-order chi connectivity index (χ1) is 31.9. The van der Waals surface area contributed by atoms with Gasteiger partial charge in [-0.05, 0) is 38.3 Å². The molecule has 3 atom stereocenters. The second kappa shape index (κ2) is 22.0. The van der Waals surface area contributed by atoms with Gasteiger partial charge in [0.2, 0.25) is 17.5 Å². The quantitative estimate of drug-likeness (QED) is 0.0769. The number of esters is 2. The minimum Gasteiger partial charge on any atom is -0.478 e. The predicted molar refractivity (Wildman–Crippen MR) is 236 cm³/mol. The number of ketones is 1. The topological polar surface area (TPSA) is 239 Å². The summed E-state index contributed by atoms with van der Waals surface area (Å²) in [6, 6.07) is 26.6. The molecule has 0 saturated carbocycles. The molecule has 0 aliphatic carbocycles. The third kappa shape index (κ3) is 10.3. The van der Waals surface area contributed by atoms with Crippen molar-refractivity contribution in [3.63, 3.8) is 0 Å². The van der Waals surface area contributed by atoms with Crippen LogP contribution in [0.4, 0.5) is 0 Å². The van der Waals surface area contributed by atoms with Crippen LogP contribution in [0.3, 0.4) is 0 Å². The number of benzene rings is 3. The summed E-state index contributed by atoms with van der Waals surface area (Å²) in [5.74, 6) is -6.06. The third-order valence-corrected chi connectivity index (χ3v) is 10.4. The molecule has 0 spiro atoms. The zero-order valence-corrected chi connectivity index (χ0v) is 36.0. The van der Waals surface area contributed by atoms with E-state index in [2.05, 4.69) is 15.0 Å². The maximum absolute atomic E-state index is 15.8. The molecule has 0 saturated heterocycles. The number of carbonyl (C=O) groups excluding carboxylic acids is 4. The monoisotopic (exact) mass is 898 g/mol. The zero-order valence-electron chi connectivity index (χ0n) is 36.0. The van der Waals surface area contributed by atoms with Crippen LogP contribution in [0.25, 0.3) is 11.4 Å². The summed E-state index contributed by atoms with van der Waals surface area (Å²) in [5, 5.41) is 24.2. The second-order valence-corrected chi connectivity index (χ2v) is 14.6. The number of ether oxygens (including phenoxy) is 3. The molecule has 6 rings (SSSR count). The number of aromatic nitrogens is 5. The van der Waals surface area contributed by atoms with Gasteiger partial charge < -0.3 is 24.4 Å². The summed E-state index contributed by atoms with van der Waals surface area (Å²) in [6.07, 6.45) is 1.33. The van der Waals surface area contributed by atoms with E-state index in [0.717, 1.165) is 23.3 Å². The van der Waals surface area contributed by atoms with Gasteiger partial charge >= 0.3 is 17.9 Å². The van der Waals surface area contributed by atoms with E-state index >= 15 is 4.79 Å². The smallest absolute Gasteiger partial charge is 0.356 e. The lowest BCUT2D eigenvalue weighted by atomic mass is 9.88. The van der Waals surface area contributed by atoms with E-state index in [1.165, 1.54) is 44.3 Å². The van der Waals surface area contributed by atoms with E-state index in [9.17, 15) is 39.0 Å². The minimum atomic E-state index is -3.10. The highest BCUT2D eigenvalue weighted by Gasteiger charge is 2.56. The first-order valence-corrected chi connectivity index (χ1v) is 20.9. The highest BCUT2D eigenvalue weighted by atomic mass is 16.5. The Kier molecular flexibility index (Phi) is 15.8. The van der Waals surface area contributed by atoms with Crippen molar-refractivity contribution in [2.45, 2.75) is 57.5 Å². The first-order valence-electron chi connectivity index (χ1n) is 20.9. The molecule has 0 radical (unpaired) electrons. The largest absolute Gasteiger partial charge is 0.478 e. The lowest BCUT2D eigenvalue weighted by molar-refractivity contribution is -0.172. The Morgan fingerprint density at radius 3 is 1.97 bits per heavy atom. The Morgan fingerprint density at radius 1 is 0.758 bits per heavy atom. The molecule has 1 amide bonds. The van der Waals surface area contributed by atoms with Gasteiger partial charge in [-0.15, -0.1) is 0 Å². The van der Waals surface area contributed by atoms with Crippen LogP contribution in [-0.2, 0) is 42.5 Å². The van der Waals surface area contributed by atoms with Gasteiger partial charge in [-0.25, -0.2) is 29.3 Å². The number of carboxylic acid groups (broad SMARTS) is 1. The highest BCUT2D eigenvalue weighted by Crippen LogP contribution is 2.36. The highest BCUT2D eigenvalue weighted by molar-refractivity contribution is 5.92. The summed E-state index contributed by atoms with van der Waals surface area (Å²) in [6.45, 7) is 1.64. The Morgan fingerprint density at radius 2 is 1.36 bits per heavy atom. The van der Waals surface area contributed by atoms with Gasteiger partial charge in [-0.1, -0.05) is 97.1 Å². The van der Waals surface area contributed by atoms with Crippen LogP contribution in [0.2, 0.25) is 0 Å². The zero-order chi connectivity index (χ0) is 47.2. The molecule has 18 heteroatoms. The molecule has 340 valence electrons. The van der Waals surface area contributed by atoms with Crippen LogP contribution in [0.5, 0.6) is 5.88 Å². The van der Waals surface area contributed by atoms with Gasteiger partial charge in [0, 0.05) is 42.2 Å². The number of pyridine rings is 1. The standard InChI is InChI=1S/C48H46N6O12/c1-3-64-45(60)35-28-49-31-53(44(35)59)48(47(62)63,34-21-12-7-13-22-34)54(40(56)30-52-42(33-19-10-6-11-20-33)51-29-36(43(52)58)46(61)65-4-2)37(27-32-17-8-5-9-18-32)41(57)38(55)23-16-26-66-39-24-14-15-25-50-39/h5-15,17-22,24-25,28-29,31,37,41,57H,3-4,16,23,26-27,30H2,1-2H3,(H,62,63). The summed E-state index contributed by atoms with van der Waals surface area (Å²) in [5.41, 5.74) is -6.24. The van der Waals surface area contributed by atoms with Crippen molar-refractivity contribution in [2.75, 3.05) is 19.8 Å². The van der Waals surface area contributed by atoms with Crippen LogP contribution in [0, 0.1) is 0 Å². The molecule has 6 aromatic rings. The Labute approximate surface area is 377 Å². The van der Waals surface area contributed by atoms with Crippen molar-refractivity contribution in [3.8, 4) is 17.3 Å². The van der Waals surface area contributed by atoms with Crippen molar-refractivity contribution in [3.05, 3.63) is 177 Å². The number of aliphatic hydroxyl groups excluding tert-OH is 1. The number of carboxylic acids is 1. The molecule has 0 bridgehead atoms. The van der Waals surface area contributed by atoms with Gasteiger partial charge in [0.05, 0.1) is 25.9 Å². The fourth-order valence-corrected chi connectivity index (χ4v) is 7.43. The second-order valence-electron chi connectivity index (χ2n) is 14.6. The van der Waals surface area contributed by atoms with Crippen molar-refractivity contribution >= 4 is 29.6 Å². The lowest BCUT2D eigenvalue weighted by Crippen LogP contribution is -2.68. The van der Waals surface area contributed by atoms with E-state index in [1.54, 1.807) is 84.9 Å². The predicted octanol–water partition coefficient (Wildman–Crippen LogP) is 3.93. The van der Waals surface area contributed by atoms with Crippen molar-refractivity contribution < 1.29 is 48.4 Å². The molecular weight excluding hydrogens is 853 g/mol. The number of aliphatic hydroxyl groups is 1. The van der Waals surface area contributed by atoms with Gasteiger partial charge in [0.15, 0.2) is 5.78 Å². The molecule has 3 heterocycles. The van der Waals surface area contributed by atoms with E-state index in [1.807, 2.05) is 0 Å². The fourth-order valence-electron chi connectivity index (χ4n) is 7.43. The number of aliphatic carboxylic acids is 1. The van der Waals surface area contributed by atoms with Crippen molar-refractivity contribution in [1.29, 1.82) is 0 Å². The molecule has 3 unspecified atom stereocenters. The first kappa shape index (κ1) is 47.4. The maximum atomic E-state index is 15.8. The van der Waals surface area contributed by atoms with Gasteiger partial charge in [0.25, 0.3) is 11.1 Å². The summed E-state index contributed by atoms with van der Waals surface area (Å²) in [4.78, 5) is 114. The number of rotatable bonds is 21. The number of nitrogens with zero attached hydrogens (tertiary/aromatic N) is 6. The number of Topliss-reactive ketones (excluding diaryl/α,β-unsaturated/α-hetero) is 1. The fraction of sp³-hybridized carbons (Fsp3) is 0.250. The third-order valence-electron chi connectivity index (χ3n) is 10.4. The summed E-state index contributed by atoms with van der Waals surface area (Å²) < 4.78 is 17.3. The summed E-state index contributed by atoms with van der Waals surface area (Å²) in [7, 11) is 0. The molecule has 18 nitrogen and oxygen atoms in total. The van der Waals surface area contributed by atoms with E-state index in [-0.39, 0.29) is 49.9 Å². The van der Waals surface area contributed by atoms with Crippen molar-refractivity contribution in [1.82, 2.24) is 29.0 Å². The maximum Gasteiger partial charge on any atom is 0.356 e. The average Bonchev–Trinajstić information content (AvgIpc) is 3.33. The normalized spacial score (nSPS) is 12.8. The van der Waals surface area contributed by atoms with E-state index in [4.69, 9.17) is 14.2 Å². The van der Waals surface area contributed by atoms with Crippen LogP contribution in [0.1, 0.15) is 58.5 Å².